The summed E-state index contributed by atoms with van der Waals surface area (Å²) in [5, 5.41) is 10.3. The van der Waals surface area contributed by atoms with E-state index in [-0.39, 0.29) is 5.56 Å². The van der Waals surface area contributed by atoms with E-state index in [9.17, 15) is 9.90 Å². The van der Waals surface area contributed by atoms with E-state index in [0.29, 0.717) is 18.8 Å². The molecule has 3 rings (SSSR count). The normalized spacial score (nSPS) is 11.0. The Morgan fingerprint density at radius 3 is 2.74 bits per heavy atom. The molecule has 116 valence electrons. The number of fused-ring (bicyclic) bond motifs is 1. The summed E-state index contributed by atoms with van der Waals surface area (Å²) in [5.41, 5.74) is 2.70. The number of aromatic carboxylic acids is 1. The molecule has 0 aliphatic carbocycles. The van der Waals surface area contributed by atoms with Crippen molar-refractivity contribution >= 4 is 16.9 Å². The second-order valence-electron chi connectivity index (χ2n) is 5.47. The zero-order valence-electron chi connectivity index (χ0n) is 12.8. The van der Waals surface area contributed by atoms with Gasteiger partial charge >= 0.3 is 5.97 Å². The van der Waals surface area contributed by atoms with Crippen LogP contribution in [-0.2, 0) is 13.1 Å². The Morgan fingerprint density at radius 1 is 1.09 bits per heavy atom. The molecule has 5 heteroatoms. The monoisotopic (exact) mass is 307 g/mol. The van der Waals surface area contributed by atoms with Crippen molar-refractivity contribution in [3.63, 3.8) is 0 Å². The maximum absolute atomic E-state index is 11.2. The number of rotatable bonds is 5. The minimum Gasteiger partial charge on any atom is -0.478 e. The van der Waals surface area contributed by atoms with E-state index >= 15 is 0 Å². The van der Waals surface area contributed by atoms with Gasteiger partial charge in [-0.15, -0.1) is 0 Å². The molecular weight excluding hydrogens is 290 g/mol. The summed E-state index contributed by atoms with van der Waals surface area (Å²) in [4.78, 5) is 22.1. The fraction of sp³-hybridized carbons (Fsp3) is 0.167. The first-order chi connectivity index (χ1) is 11.1. The van der Waals surface area contributed by atoms with Crippen LogP contribution in [0.4, 0.5) is 0 Å². The molecule has 0 radical (unpaired) electrons. The fourth-order valence-electron chi connectivity index (χ4n) is 2.54. The van der Waals surface area contributed by atoms with Crippen molar-refractivity contribution in [2.75, 3.05) is 7.05 Å². The highest BCUT2D eigenvalue weighted by Gasteiger charge is 2.13. The van der Waals surface area contributed by atoms with Crippen LogP contribution in [0.15, 0.2) is 54.7 Å². The summed E-state index contributed by atoms with van der Waals surface area (Å²) < 4.78 is 0. The SMILES string of the molecule is CN(Cc1ccc2ccccc2n1)Cc1ncccc1C(=O)O. The van der Waals surface area contributed by atoms with Crippen LogP contribution in [0.3, 0.4) is 0 Å². The van der Waals surface area contributed by atoms with E-state index in [1.807, 2.05) is 42.3 Å². The van der Waals surface area contributed by atoms with Crippen LogP contribution in [0.5, 0.6) is 0 Å². The number of carboxylic acid groups (broad SMARTS) is 1. The number of carbonyl (C=O) groups is 1. The Bertz CT molecular complexity index is 848. The van der Waals surface area contributed by atoms with Crippen LogP contribution >= 0.6 is 0 Å². The summed E-state index contributed by atoms with van der Waals surface area (Å²) in [6.45, 7) is 1.08. The molecule has 3 aromatic rings. The van der Waals surface area contributed by atoms with Crippen molar-refractivity contribution in [2.24, 2.45) is 0 Å². The van der Waals surface area contributed by atoms with Gasteiger partial charge in [0.1, 0.15) is 0 Å². The lowest BCUT2D eigenvalue weighted by Gasteiger charge is -2.17. The standard InChI is InChI=1S/C18H17N3O2/c1-21(12-17-15(18(22)23)6-4-10-19-17)11-14-9-8-13-5-2-3-7-16(13)20-14/h2-10H,11-12H2,1H3,(H,22,23). The van der Waals surface area contributed by atoms with Crippen LogP contribution in [0, 0.1) is 0 Å². The molecule has 0 saturated carbocycles. The van der Waals surface area contributed by atoms with Crippen molar-refractivity contribution in [2.45, 2.75) is 13.1 Å². The first kappa shape index (κ1) is 15.1. The lowest BCUT2D eigenvalue weighted by molar-refractivity contribution is 0.0694. The van der Waals surface area contributed by atoms with E-state index in [4.69, 9.17) is 0 Å². The number of benzene rings is 1. The number of hydrogen-bond donors (Lipinski definition) is 1. The molecule has 0 fully saturated rings. The number of aromatic nitrogens is 2. The second kappa shape index (κ2) is 6.54. The molecule has 1 N–H and O–H groups in total. The molecule has 0 saturated heterocycles. The van der Waals surface area contributed by atoms with Gasteiger partial charge in [-0.25, -0.2) is 4.79 Å². The molecule has 0 atom stereocenters. The van der Waals surface area contributed by atoms with Gasteiger partial charge in [0.15, 0.2) is 0 Å². The zero-order chi connectivity index (χ0) is 16.2. The Kier molecular flexibility index (Phi) is 4.30. The summed E-state index contributed by atoms with van der Waals surface area (Å²) >= 11 is 0. The van der Waals surface area contributed by atoms with Crippen molar-refractivity contribution < 1.29 is 9.90 Å². The highest BCUT2D eigenvalue weighted by Crippen LogP contribution is 2.14. The Morgan fingerprint density at radius 2 is 1.91 bits per heavy atom. The molecule has 2 heterocycles. The quantitative estimate of drug-likeness (QED) is 0.785. The van der Waals surface area contributed by atoms with Gasteiger partial charge in [-0.05, 0) is 31.3 Å². The van der Waals surface area contributed by atoms with Crippen LogP contribution < -0.4 is 0 Å². The van der Waals surface area contributed by atoms with Gasteiger partial charge in [0.05, 0.1) is 22.5 Å². The number of carboxylic acids is 1. The van der Waals surface area contributed by atoms with Crippen LogP contribution in [-0.4, -0.2) is 33.0 Å². The molecule has 5 nitrogen and oxygen atoms in total. The third kappa shape index (κ3) is 3.52. The van der Waals surface area contributed by atoms with Crippen molar-refractivity contribution in [1.29, 1.82) is 0 Å². The van der Waals surface area contributed by atoms with Crippen LogP contribution in [0.2, 0.25) is 0 Å². The molecule has 0 aliphatic heterocycles. The highest BCUT2D eigenvalue weighted by atomic mass is 16.4. The first-order valence-electron chi connectivity index (χ1n) is 7.34. The van der Waals surface area contributed by atoms with Gasteiger partial charge in [0, 0.05) is 24.7 Å². The second-order valence-corrected chi connectivity index (χ2v) is 5.47. The summed E-state index contributed by atoms with van der Waals surface area (Å²) in [7, 11) is 1.93. The van der Waals surface area contributed by atoms with E-state index < -0.39 is 5.97 Å². The largest absolute Gasteiger partial charge is 0.478 e. The maximum atomic E-state index is 11.2. The van der Waals surface area contributed by atoms with Crippen molar-refractivity contribution in [3.05, 3.63) is 71.7 Å². The Balaban J connectivity index is 1.76. The predicted octanol–water partition coefficient (Wildman–Crippen LogP) is 2.96. The molecule has 0 unspecified atom stereocenters. The van der Waals surface area contributed by atoms with Gasteiger partial charge in [0.2, 0.25) is 0 Å². The average Bonchev–Trinajstić information content (AvgIpc) is 2.55. The highest BCUT2D eigenvalue weighted by molar-refractivity contribution is 5.88. The van der Waals surface area contributed by atoms with Crippen molar-refractivity contribution in [3.8, 4) is 0 Å². The minimum atomic E-state index is -0.953. The van der Waals surface area contributed by atoms with Gasteiger partial charge < -0.3 is 5.11 Å². The molecule has 1 aromatic carbocycles. The van der Waals surface area contributed by atoms with Gasteiger partial charge in [-0.2, -0.15) is 0 Å². The van der Waals surface area contributed by atoms with Crippen molar-refractivity contribution in [1.82, 2.24) is 14.9 Å². The third-order valence-corrected chi connectivity index (χ3v) is 3.63. The van der Waals surface area contributed by atoms with E-state index in [2.05, 4.69) is 16.0 Å². The molecule has 23 heavy (non-hydrogen) atoms. The van der Waals surface area contributed by atoms with Crippen LogP contribution in [0.1, 0.15) is 21.7 Å². The summed E-state index contributed by atoms with van der Waals surface area (Å²) in [6.07, 6.45) is 1.61. The van der Waals surface area contributed by atoms with Gasteiger partial charge in [0.25, 0.3) is 0 Å². The van der Waals surface area contributed by atoms with E-state index in [1.165, 1.54) is 0 Å². The molecule has 0 aliphatic rings. The minimum absolute atomic E-state index is 0.242. The van der Waals surface area contributed by atoms with Crippen LogP contribution in [0.25, 0.3) is 10.9 Å². The first-order valence-corrected chi connectivity index (χ1v) is 7.34. The Hall–Kier alpha value is -2.79. The number of hydrogen-bond acceptors (Lipinski definition) is 4. The average molecular weight is 307 g/mol. The van der Waals surface area contributed by atoms with E-state index in [0.717, 1.165) is 16.6 Å². The molecule has 2 aromatic heterocycles. The molecular formula is C18H17N3O2. The Labute approximate surface area is 134 Å². The topological polar surface area (TPSA) is 66.3 Å². The predicted molar refractivity (Wildman–Crippen MR) is 88.1 cm³/mol. The third-order valence-electron chi connectivity index (χ3n) is 3.63. The lowest BCUT2D eigenvalue weighted by atomic mass is 10.1. The van der Waals surface area contributed by atoms with Gasteiger partial charge in [-0.3, -0.25) is 14.9 Å². The number of nitrogens with zero attached hydrogens (tertiary/aromatic N) is 3. The fourth-order valence-corrected chi connectivity index (χ4v) is 2.54. The lowest BCUT2D eigenvalue weighted by Crippen LogP contribution is -2.20. The number of para-hydroxylation sites is 1. The summed E-state index contributed by atoms with van der Waals surface area (Å²) in [6, 6.07) is 15.2. The van der Waals surface area contributed by atoms with Gasteiger partial charge in [-0.1, -0.05) is 24.3 Å². The van der Waals surface area contributed by atoms with E-state index in [1.54, 1.807) is 18.3 Å². The maximum Gasteiger partial charge on any atom is 0.337 e. The number of pyridine rings is 2. The molecule has 0 bridgehead atoms. The summed E-state index contributed by atoms with van der Waals surface area (Å²) in [5.74, 6) is -0.953. The molecule has 0 spiro atoms. The molecule has 0 amide bonds. The smallest absolute Gasteiger partial charge is 0.337 e. The zero-order valence-corrected chi connectivity index (χ0v) is 12.8.